The van der Waals surface area contributed by atoms with Crippen LogP contribution in [0, 0.1) is 5.92 Å². The van der Waals surface area contributed by atoms with Crippen molar-refractivity contribution in [2.24, 2.45) is 11.8 Å². The van der Waals surface area contributed by atoms with E-state index in [1.165, 1.54) is 6.54 Å². The topological polar surface area (TPSA) is 61.6 Å². The van der Waals surface area contributed by atoms with Crippen molar-refractivity contribution in [2.75, 3.05) is 39.3 Å². The lowest BCUT2D eigenvalue weighted by Crippen LogP contribution is -2.47. The van der Waals surface area contributed by atoms with Crippen LogP contribution in [0.5, 0.6) is 0 Å². The first kappa shape index (κ1) is 14.4. The van der Waals surface area contributed by atoms with Gasteiger partial charge < -0.3 is 9.80 Å². The Hall–Kier alpha value is -0.650. The van der Waals surface area contributed by atoms with E-state index in [0.717, 1.165) is 45.1 Å². The highest BCUT2D eigenvalue weighted by atomic mass is 16.2. The summed E-state index contributed by atoms with van der Waals surface area (Å²) in [5, 5.41) is 0. The standard InChI is InChI=1S/C12H26N4O/c1-11(2)10-16-8-6-15(7-9-16)5-3-4-12(17)14-13/h11H,3-10,13H2,1-2H3,(H,14,17). The molecule has 0 atom stereocenters. The first-order chi connectivity index (χ1) is 8.11. The van der Waals surface area contributed by atoms with Gasteiger partial charge in [-0.15, -0.1) is 0 Å². The second kappa shape index (κ2) is 7.63. The fourth-order valence-corrected chi connectivity index (χ4v) is 2.25. The Kier molecular flexibility index (Phi) is 6.47. The van der Waals surface area contributed by atoms with Gasteiger partial charge in [-0.25, -0.2) is 5.84 Å². The number of nitrogens with zero attached hydrogens (tertiary/aromatic N) is 2. The summed E-state index contributed by atoms with van der Waals surface area (Å²) in [6.45, 7) is 11.3. The van der Waals surface area contributed by atoms with E-state index in [1.54, 1.807) is 0 Å². The van der Waals surface area contributed by atoms with Crippen molar-refractivity contribution >= 4 is 5.91 Å². The Morgan fingerprint density at radius 1 is 1.24 bits per heavy atom. The zero-order chi connectivity index (χ0) is 12.7. The minimum atomic E-state index is -0.0663. The van der Waals surface area contributed by atoms with Crippen LogP contribution >= 0.6 is 0 Å². The zero-order valence-electron chi connectivity index (χ0n) is 11.1. The van der Waals surface area contributed by atoms with Crippen LogP contribution in [0.3, 0.4) is 0 Å². The average molecular weight is 242 g/mol. The molecule has 0 spiro atoms. The van der Waals surface area contributed by atoms with Crippen LogP contribution in [-0.4, -0.2) is 55.0 Å². The van der Waals surface area contributed by atoms with Crippen molar-refractivity contribution in [1.82, 2.24) is 15.2 Å². The van der Waals surface area contributed by atoms with Gasteiger partial charge >= 0.3 is 0 Å². The van der Waals surface area contributed by atoms with E-state index in [9.17, 15) is 4.79 Å². The smallest absolute Gasteiger partial charge is 0.233 e. The predicted molar refractivity (Wildman–Crippen MR) is 69.3 cm³/mol. The highest BCUT2D eigenvalue weighted by Gasteiger charge is 2.16. The molecule has 17 heavy (non-hydrogen) atoms. The molecule has 1 heterocycles. The van der Waals surface area contributed by atoms with E-state index >= 15 is 0 Å². The van der Waals surface area contributed by atoms with Gasteiger partial charge in [0.1, 0.15) is 0 Å². The Labute approximate surface area is 104 Å². The molecule has 1 amide bonds. The molecule has 1 aliphatic heterocycles. The molecular weight excluding hydrogens is 216 g/mol. The Balaban J connectivity index is 2.08. The van der Waals surface area contributed by atoms with Crippen molar-refractivity contribution in [3.8, 4) is 0 Å². The zero-order valence-corrected chi connectivity index (χ0v) is 11.1. The fraction of sp³-hybridized carbons (Fsp3) is 0.917. The number of hydrogen-bond acceptors (Lipinski definition) is 4. The van der Waals surface area contributed by atoms with Crippen LogP contribution in [-0.2, 0) is 4.79 Å². The molecule has 0 aromatic carbocycles. The lowest BCUT2D eigenvalue weighted by molar-refractivity contribution is -0.121. The summed E-state index contributed by atoms with van der Waals surface area (Å²) in [5.41, 5.74) is 2.17. The van der Waals surface area contributed by atoms with E-state index in [1.807, 2.05) is 0 Å². The molecule has 1 aliphatic rings. The number of hydrazine groups is 1. The highest BCUT2D eigenvalue weighted by molar-refractivity contribution is 5.75. The highest BCUT2D eigenvalue weighted by Crippen LogP contribution is 2.06. The molecular formula is C12H26N4O. The molecule has 0 unspecified atom stereocenters. The first-order valence-electron chi connectivity index (χ1n) is 6.56. The third kappa shape index (κ3) is 6.00. The quantitative estimate of drug-likeness (QED) is 0.392. The van der Waals surface area contributed by atoms with E-state index in [-0.39, 0.29) is 5.91 Å². The van der Waals surface area contributed by atoms with E-state index in [0.29, 0.717) is 6.42 Å². The molecule has 0 aromatic heterocycles. The maximum Gasteiger partial charge on any atom is 0.233 e. The lowest BCUT2D eigenvalue weighted by atomic mass is 10.2. The largest absolute Gasteiger partial charge is 0.301 e. The van der Waals surface area contributed by atoms with Crippen LogP contribution < -0.4 is 11.3 Å². The maximum absolute atomic E-state index is 11.0. The average Bonchev–Trinajstić information content (AvgIpc) is 2.30. The third-order valence-corrected chi connectivity index (χ3v) is 3.13. The monoisotopic (exact) mass is 242 g/mol. The Morgan fingerprint density at radius 2 is 1.82 bits per heavy atom. The van der Waals surface area contributed by atoms with E-state index < -0.39 is 0 Å². The normalized spacial score (nSPS) is 18.6. The predicted octanol–water partition coefficient (Wildman–Crippen LogP) is 0.0301. The summed E-state index contributed by atoms with van der Waals surface area (Å²) >= 11 is 0. The van der Waals surface area contributed by atoms with E-state index in [2.05, 4.69) is 29.1 Å². The van der Waals surface area contributed by atoms with Crippen molar-refractivity contribution in [3.63, 3.8) is 0 Å². The van der Waals surface area contributed by atoms with Gasteiger partial charge in [-0.3, -0.25) is 10.2 Å². The minimum Gasteiger partial charge on any atom is -0.301 e. The molecule has 0 aromatic rings. The van der Waals surface area contributed by atoms with Gasteiger partial charge in [-0.05, 0) is 18.9 Å². The molecule has 0 saturated carbocycles. The number of nitrogens with two attached hydrogens (primary N) is 1. The van der Waals surface area contributed by atoms with Crippen LogP contribution in [0.4, 0.5) is 0 Å². The van der Waals surface area contributed by atoms with Gasteiger partial charge in [0, 0.05) is 39.1 Å². The Bertz CT molecular complexity index is 225. The van der Waals surface area contributed by atoms with Crippen LogP contribution in [0.2, 0.25) is 0 Å². The lowest BCUT2D eigenvalue weighted by Gasteiger charge is -2.35. The van der Waals surface area contributed by atoms with Crippen LogP contribution in [0.1, 0.15) is 26.7 Å². The summed E-state index contributed by atoms with van der Waals surface area (Å²) in [5.74, 6) is 5.71. The molecule has 1 saturated heterocycles. The van der Waals surface area contributed by atoms with Crippen LogP contribution in [0.25, 0.3) is 0 Å². The molecule has 1 fully saturated rings. The van der Waals surface area contributed by atoms with Gasteiger partial charge in [0.15, 0.2) is 0 Å². The number of carbonyl (C=O) groups excluding carboxylic acids is 1. The fourth-order valence-electron chi connectivity index (χ4n) is 2.25. The molecule has 0 radical (unpaired) electrons. The summed E-state index contributed by atoms with van der Waals surface area (Å²) in [6.07, 6.45) is 1.43. The second-order valence-electron chi connectivity index (χ2n) is 5.21. The number of hydrogen-bond donors (Lipinski definition) is 2. The number of rotatable bonds is 6. The molecule has 3 N–H and O–H groups in total. The van der Waals surface area contributed by atoms with Gasteiger partial charge in [0.25, 0.3) is 0 Å². The maximum atomic E-state index is 11.0. The summed E-state index contributed by atoms with van der Waals surface area (Å²) in [4.78, 5) is 15.9. The molecule has 0 bridgehead atoms. The molecule has 0 aliphatic carbocycles. The van der Waals surface area contributed by atoms with Crippen molar-refractivity contribution in [3.05, 3.63) is 0 Å². The van der Waals surface area contributed by atoms with Crippen molar-refractivity contribution < 1.29 is 4.79 Å². The van der Waals surface area contributed by atoms with Gasteiger partial charge in [0.05, 0.1) is 0 Å². The van der Waals surface area contributed by atoms with Crippen molar-refractivity contribution in [1.29, 1.82) is 0 Å². The molecule has 100 valence electrons. The third-order valence-electron chi connectivity index (χ3n) is 3.13. The molecule has 5 nitrogen and oxygen atoms in total. The first-order valence-corrected chi connectivity index (χ1v) is 6.56. The summed E-state index contributed by atoms with van der Waals surface area (Å²) < 4.78 is 0. The van der Waals surface area contributed by atoms with Gasteiger partial charge in [0.2, 0.25) is 5.91 Å². The van der Waals surface area contributed by atoms with E-state index in [4.69, 9.17) is 5.84 Å². The molecule has 1 rings (SSSR count). The minimum absolute atomic E-state index is 0.0663. The SMILES string of the molecule is CC(C)CN1CCN(CCCC(=O)NN)CC1. The number of carbonyl (C=O) groups is 1. The van der Waals surface area contributed by atoms with Crippen LogP contribution in [0.15, 0.2) is 0 Å². The molecule has 5 heteroatoms. The summed E-state index contributed by atoms with van der Waals surface area (Å²) in [7, 11) is 0. The number of amides is 1. The Morgan fingerprint density at radius 3 is 2.35 bits per heavy atom. The number of piperazine rings is 1. The van der Waals surface area contributed by atoms with Crippen molar-refractivity contribution in [2.45, 2.75) is 26.7 Å². The second-order valence-corrected chi connectivity index (χ2v) is 5.21. The van der Waals surface area contributed by atoms with Gasteiger partial charge in [-0.2, -0.15) is 0 Å². The summed E-state index contributed by atoms with van der Waals surface area (Å²) in [6, 6.07) is 0. The van der Waals surface area contributed by atoms with Gasteiger partial charge in [-0.1, -0.05) is 13.8 Å². The number of nitrogens with one attached hydrogen (secondary N) is 1.